The van der Waals surface area contributed by atoms with Crippen LogP contribution >= 0.6 is 0 Å². The Morgan fingerprint density at radius 3 is 2.72 bits per heavy atom. The molecule has 2 N–H and O–H groups in total. The summed E-state index contributed by atoms with van der Waals surface area (Å²) in [7, 11) is 0. The normalized spacial score (nSPS) is 26.9. The maximum atomic E-state index is 12.9. The van der Waals surface area contributed by atoms with Gasteiger partial charge in [-0.25, -0.2) is 0 Å². The minimum atomic E-state index is -0.780. The van der Waals surface area contributed by atoms with Gasteiger partial charge in [0.25, 0.3) is 0 Å². The first-order valence-electron chi connectivity index (χ1n) is 8.43. The van der Waals surface area contributed by atoms with Gasteiger partial charge in [-0.2, -0.15) is 0 Å². The van der Waals surface area contributed by atoms with Crippen LogP contribution in [0, 0.1) is 12.8 Å². The van der Waals surface area contributed by atoms with Crippen LogP contribution in [0.25, 0.3) is 0 Å². The van der Waals surface area contributed by atoms with E-state index in [2.05, 4.69) is 10.6 Å². The van der Waals surface area contributed by atoms with Crippen molar-refractivity contribution in [2.75, 3.05) is 5.32 Å². The molecule has 1 saturated heterocycles. The van der Waals surface area contributed by atoms with Crippen LogP contribution in [0.15, 0.2) is 48.5 Å². The van der Waals surface area contributed by atoms with Crippen molar-refractivity contribution in [3.63, 3.8) is 0 Å². The lowest BCUT2D eigenvalue weighted by Crippen LogP contribution is -2.62. The minimum Gasteiger partial charge on any atom is -0.468 e. The highest BCUT2D eigenvalue weighted by Crippen LogP contribution is 2.46. The van der Waals surface area contributed by atoms with Crippen molar-refractivity contribution in [3.8, 4) is 5.75 Å². The van der Waals surface area contributed by atoms with Crippen molar-refractivity contribution in [1.82, 2.24) is 5.32 Å². The fraction of sp³-hybridized carbons (Fsp3) is 0.300. The second-order valence-electron chi connectivity index (χ2n) is 6.95. The smallest absolute Gasteiger partial charge is 0.237 e. The quantitative estimate of drug-likeness (QED) is 0.829. The van der Waals surface area contributed by atoms with Crippen molar-refractivity contribution in [2.24, 2.45) is 5.92 Å². The van der Waals surface area contributed by atoms with Gasteiger partial charge in [0.2, 0.25) is 11.8 Å². The summed E-state index contributed by atoms with van der Waals surface area (Å²) < 4.78 is 5.96. The number of benzene rings is 2. The fourth-order valence-electron chi connectivity index (χ4n) is 3.81. The molecule has 2 aliphatic heterocycles. The number of carbonyl (C=O) groups is 2. The summed E-state index contributed by atoms with van der Waals surface area (Å²) in [5.74, 6) is -0.824. The lowest BCUT2D eigenvalue weighted by atomic mass is 9.74. The number of rotatable bonds is 2. The summed E-state index contributed by atoms with van der Waals surface area (Å²) in [6, 6.07) is 15.2. The van der Waals surface area contributed by atoms with Crippen LogP contribution in [0.5, 0.6) is 5.75 Å². The lowest BCUT2D eigenvalue weighted by Gasteiger charge is -2.46. The first-order valence-corrected chi connectivity index (χ1v) is 8.43. The van der Waals surface area contributed by atoms with Crippen LogP contribution in [0.1, 0.15) is 30.4 Å². The zero-order valence-corrected chi connectivity index (χ0v) is 14.2. The molecule has 0 aliphatic carbocycles. The van der Waals surface area contributed by atoms with E-state index in [0.29, 0.717) is 6.42 Å². The topological polar surface area (TPSA) is 67.4 Å². The highest BCUT2D eigenvalue weighted by Gasteiger charge is 2.51. The van der Waals surface area contributed by atoms with Gasteiger partial charge in [0.15, 0.2) is 5.72 Å². The van der Waals surface area contributed by atoms with E-state index in [-0.39, 0.29) is 17.7 Å². The highest BCUT2D eigenvalue weighted by molar-refractivity contribution is 6.08. The van der Waals surface area contributed by atoms with Crippen LogP contribution < -0.4 is 15.4 Å². The van der Waals surface area contributed by atoms with Crippen LogP contribution in [0.4, 0.5) is 5.69 Å². The standard InChI is InChI=1S/C20H20N2O3/c1-12-7-3-5-9-15(12)21-18(23)17-14-11-20(2,22-19(17)24)25-16-10-6-4-8-13(14)16/h3-10,14,17H,11H2,1-2H3,(H,21,23)(H,22,24)/t14-,17-,20-/m1/s1. The molecule has 2 amide bonds. The molecule has 2 aromatic rings. The van der Waals surface area contributed by atoms with E-state index < -0.39 is 11.6 Å². The average molecular weight is 336 g/mol. The van der Waals surface area contributed by atoms with Gasteiger partial charge in [-0.1, -0.05) is 36.4 Å². The monoisotopic (exact) mass is 336 g/mol. The summed E-state index contributed by atoms with van der Waals surface area (Å²) in [6.45, 7) is 3.78. The first kappa shape index (κ1) is 15.7. The van der Waals surface area contributed by atoms with Crippen molar-refractivity contribution in [3.05, 3.63) is 59.7 Å². The molecule has 0 aromatic heterocycles. The molecule has 25 heavy (non-hydrogen) atoms. The maximum Gasteiger partial charge on any atom is 0.237 e. The number of anilines is 1. The molecule has 5 heteroatoms. The van der Waals surface area contributed by atoms with Crippen LogP contribution in [0.3, 0.4) is 0 Å². The summed E-state index contributed by atoms with van der Waals surface area (Å²) in [4.78, 5) is 25.6. The number of para-hydroxylation sites is 2. The SMILES string of the molecule is Cc1ccccc1NC(=O)[C@@H]1C(=O)N[C@@]2(C)C[C@@H]1c1ccccc1O2. The van der Waals surface area contributed by atoms with E-state index in [1.165, 1.54) is 0 Å². The number of hydrogen-bond donors (Lipinski definition) is 2. The number of fused-ring (bicyclic) bond motifs is 4. The molecule has 1 fully saturated rings. The van der Waals surface area contributed by atoms with E-state index in [1.807, 2.05) is 62.4 Å². The van der Waals surface area contributed by atoms with E-state index >= 15 is 0 Å². The van der Waals surface area contributed by atoms with Crippen molar-refractivity contribution in [2.45, 2.75) is 31.9 Å². The van der Waals surface area contributed by atoms with E-state index in [9.17, 15) is 9.59 Å². The van der Waals surface area contributed by atoms with Crippen LogP contribution in [-0.4, -0.2) is 17.5 Å². The van der Waals surface area contributed by atoms with Gasteiger partial charge in [-0.3, -0.25) is 9.59 Å². The fourth-order valence-corrected chi connectivity index (χ4v) is 3.81. The van der Waals surface area contributed by atoms with Crippen molar-refractivity contribution < 1.29 is 14.3 Å². The van der Waals surface area contributed by atoms with Gasteiger partial charge < -0.3 is 15.4 Å². The Labute approximate surface area is 146 Å². The van der Waals surface area contributed by atoms with Gasteiger partial charge >= 0.3 is 0 Å². The average Bonchev–Trinajstić information content (AvgIpc) is 2.56. The molecular formula is C20H20N2O3. The lowest BCUT2D eigenvalue weighted by molar-refractivity contribution is -0.145. The van der Waals surface area contributed by atoms with Crippen LogP contribution in [0.2, 0.25) is 0 Å². The zero-order valence-electron chi connectivity index (χ0n) is 14.2. The number of carbonyl (C=O) groups excluding carboxylic acids is 2. The minimum absolute atomic E-state index is 0.201. The molecule has 0 spiro atoms. The number of aryl methyl sites for hydroxylation is 1. The number of ether oxygens (including phenoxy) is 1. The van der Waals surface area contributed by atoms with Crippen molar-refractivity contribution >= 4 is 17.5 Å². The number of hydrogen-bond acceptors (Lipinski definition) is 3. The second-order valence-corrected chi connectivity index (χ2v) is 6.95. The predicted molar refractivity (Wildman–Crippen MR) is 94.3 cm³/mol. The zero-order chi connectivity index (χ0) is 17.6. The molecule has 2 aliphatic rings. The Hall–Kier alpha value is -2.82. The molecule has 0 saturated carbocycles. The molecule has 0 radical (unpaired) electrons. The van der Waals surface area contributed by atoms with Gasteiger partial charge in [-0.15, -0.1) is 0 Å². The van der Waals surface area contributed by atoms with Gasteiger partial charge in [0, 0.05) is 18.0 Å². The molecule has 5 nitrogen and oxygen atoms in total. The molecule has 2 heterocycles. The summed E-state index contributed by atoms with van der Waals surface area (Å²) in [5.41, 5.74) is 1.84. The Balaban J connectivity index is 1.69. The molecule has 0 unspecified atom stereocenters. The van der Waals surface area contributed by atoms with Crippen LogP contribution in [-0.2, 0) is 9.59 Å². The predicted octanol–water partition coefficient (Wildman–Crippen LogP) is 2.96. The maximum absolute atomic E-state index is 12.9. The molecule has 2 aromatic carbocycles. The van der Waals surface area contributed by atoms with Crippen molar-refractivity contribution in [1.29, 1.82) is 0 Å². The van der Waals surface area contributed by atoms with Gasteiger partial charge in [0.1, 0.15) is 11.7 Å². The second kappa shape index (κ2) is 5.62. The molecular weight excluding hydrogens is 316 g/mol. The highest BCUT2D eigenvalue weighted by atomic mass is 16.5. The molecule has 4 rings (SSSR count). The Morgan fingerprint density at radius 2 is 1.92 bits per heavy atom. The summed E-state index contributed by atoms with van der Waals surface area (Å²) in [5, 5.41) is 5.79. The summed E-state index contributed by atoms with van der Waals surface area (Å²) >= 11 is 0. The first-order chi connectivity index (χ1) is 12.0. The number of piperidine rings is 1. The Kier molecular flexibility index (Phi) is 3.53. The molecule has 2 bridgehead atoms. The largest absolute Gasteiger partial charge is 0.468 e. The third kappa shape index (κ3) is 2.65. The summed E-state index contributed by atoms with van der Waals surface area (Å²) in [6.07, 6.45) is 0.571. The van der Waals surface area contributed by atoms with E-state index in [1.54, 1.807) is 0 Å². The molecule has 128 valence electrons. The van der Waals surface area contributed by atoms with Gasteiger partial charge in [-0.05, 0) is 37.1 Å². The Bertz CT molecular complexity index is 864. The third-order valence-electron chi connectivity index (χ3n) is 5.02. The third-order valence-corrected chi connectivity index (χ3v) is 5.02. The number of nitrogens with one attached hydrogen (secondary N) is 2. The number of amides is 2. The van der Waals surface area contributed by atoms with E-state index in [0.717, 1.165) is 22.6 Å². The van der Waals surface area contributed by atoms with E-state index in [4.69, 9.17) is 4.74 Å². The molecule has 3 atom stereocenters. The Morgan fingerprint density at radius 1 is 1.20 bits per heavy atom. The van der Waals surface area contributed by atoms with Gasteiger partial charge in [0.05, 0.1) is 0 Å².